The van der Waals surface area contributed by atoms with Crippen molar-refractivity contribution in [3.8, 4) is 0 Å². The van der Waals surface area contributed by atoms with E-state index in [9.17, 15) is 4.79 Å². The Morgan fingerprint density at radius 2 is 1.83 bits per heavy atom. The normalized spacial score (nSPS) is 17.2. The molecule has 1 aliphatic rings. The van der Waals surface area contributed by atoms with Crippen LogP contribution < -0.4 is 4.90 Å². The van der Waals surface area contributed by atoms with Crippen LogP contribution in [0, 0.1) is 0 Å². The topological polar surface area (TPSA) is 20.3 Å². The number of hydrogen-bond acceptors (Lipinski definition) is 3. The highest BCUT2D eigenvalue weighted by Crippen LogP contribution is 2.46. The molecule has 2 nitrogen and oxygen atoms in total. The first-order chi connectivity index (χ1) is 11.4. The summed E-state index contributed by atoms with van der Waals surface area (Å²) in [6.45, 7) is 4.33. The van der Waals surface area contributed by atoms with Gasteiger partial charge in [0, 0.05) is 39.8 Å². The zero-order valence-electron chi connectivity index (χ0n) is 14.0. The van der Waals surface area contributed by atoms with Gasteiger partial charge in [-0.2, -0.15) is 0 Å². The molecule has 0 aliphatic carbocycles. The van der Waals surface area contributed by atoms with Crippen LogP contribution in [0.25, 0.3) is 0 Å². The third-order valence-electron chi connectivity index (χ3n) is 4.43. The Kier molecular flexibility index (Phi) is 4.75. The Bertz CT molecular complexity index is 796. The quantitative estimate of drug-likeness (QED) is 0.546. The minimum Gasteiger partial charge on any atom is -0.347 e. The summed E-state index contributed by atoms with van der Waals surface area (Å²) in [5, 5.41) is 0.708. The molecule has 0 spiro atoms. The lowest BCUT2D eigenvalue weighted by Gasteiger charge is -2.23. The summed E-state index contributed by atoms with van der Waals surface area (Å²) in [7, 11) is 2.03. The fraction of sp³-hybridized carbons (Fsp3) is 0.250. The summed E-state index contributed by atoms with van der Waals surface area (Å²) in [5.74, 6) is 0.545. The molecular weight excluding hydrogens is 338 g/mol. The number of halogens is 1. The third-order valence-corrected chi connectivity index (χ3v) is 5.72. The van der Waals surface area contributed by atoms with Gasteiger partial charge in [0.25, 0.3) is 0 Å². The Hall–Kier alpha value is -1.71. The van der Waals surface area contributed by atoms with E-state index in [1.807, 2.05) is 37.4 Å². The predicted octanol–water partition coefficient (Wildman–Crippen LogP) is 5.31. The zero-order valence-corrected chi connectivity index (χ0v) is 15.6. The summed E-state index contributed by atoms with van der Waals surface area (Å²) >= 11 is 7.42. The number of benzene rings is 2. The van der Waals surface area contributed by atoms with Crippen molar-refractivity contribution in [1.82, 2.24) is 0 Å². The molecule has 0 N–H and O–H groups in total. The summed E-state index contributed by atoms with van der Waals surface area (Å²) in [4.78, 5) is 15.6. The smallest absolute Gasteiger partial charge is 0.167 e. The molecule has 3 rings (SSSR count). The van der Waals surface area contributed by atoms with E-state index in [0.29, 0.717) is 10.8 Å². The fourth-order valence-corrected chi connectivity index (χ4v) is 3.99. The molecule has 0 amide bonds. The Labute approximate surface area is 152 Å². The Morgan fingerprint density at radius 1 is 1.17 bits per heavy atom. The second-order valence-corrected chi connectivity index (χ2v) is 7.92. The van der Waals surface area contributed by atoms with E-state index in [2.05, 4.69) is 36.9 Å². The summed E-state index contributed by atoms with van der Waals surface area (Å²) < 4.78 is 0. The highest BCUT2D eigenvalue weighted by atomic mass is 35.5. The lowest BCUT2D eigenvalue weighted by atomic mass is 9.83. The van der Waals surface area contributed by atoms with Crippen LogP contribution in [-0.4, -0.2) is 18.6 Å². The lowest BCUT2D eigenvalue weighted by Crippen LogP contribution is -2.24. The standard InChI is InChI=1S/C20H20ClNOS/c1-20(2)17-6-4-5-7-18(17)22(3)19(20)12-15(23)13-24-16-10-8-14(21)9-11-16/h4-12H,13H2,1-3H3. The molecule has 2 aromatic carbocycles. The molecule has 0 atom stereocenters. The van der Waals surface area contributed by atoms with E-state index >= 15 is 0 Å². The number of carbonyl (C=O) groups excluding carboxylic acids is 1. The maximum Gasteiger partial charge on any atom is 0.167 e. The van der Waals surface area contributed by atoms with Crippen LogP contribution >= 0.6 is 23.4 Å². The van der Waals surface area contributed by atoms with Crippen molar-refractivity contribution in [2.45, 2.75) is 24.2 Å². The van der Waals surface area contributed by atoms with Crippen LogP contribution in [0.4, 0.5) is 5.69 Å². The van der Waals surface area contributed by atoms with E-state index in [4.69, 9.17) is 11.6 Å². The SMILES string of the molecule is CN1C(=CC(=O)CSc2ccc(Cl)cc2)C(C)(C)c2ccccc21. The van der Waals surface area contributed by atoms with Gasteiger partial charge in [0.15, 0.2) is 5.78 Å². The molecule has 24 heavy (non-hydrogen) atoms. The maximum atomic E-state index is 12.5. The van der Waals surface area contributed by atoms with E-state index in [-0.39, 0.29) is 11.2 Å². The van der Waals surface area contributed by atoms with Crippen LogP contribution in [0.5, 0.6) is 0 Å². The van der Waals surface area contributed by atoms with Gasteiger partial charge < -0.3 is 4.90 Å². The molecule has 0 radical (unpaired) electrons. The van der Waals surface area contributed by atoms with Crippen LogP contribution in [0.2, 0.25) is 5.02 Å². The number of likely N-dealkylation sites (N-methyl/N-ethyl adjacent to an activating group) is 1. The van der Waals surface area contributed by atoms with Gasteiger partial charge in [0.05, 0.1) is 5.75 Å². The molecule has 124 valence electrons. The predicted molar refractivity (Wildman–Crippen MR) is 103 cm³/mol. The van der Waals surface area contributed by atoms with Crippen molar-refractivity contribution in [1.29, 1.82) is 0 Å². The lowest BCUT2D eigenvalue weighted by molar-refractivity contribution is -0.112. The molecule has 0 saturated heterocycles. The number of fused-ring (bicyclic) bond motifs is 1. The average Bonchev–Trinajstić information content (AvgIpc) is 2.76. The minimum atomic E-state index is -0.161. The van der Waals surface area contributed by atoms with Gasteiger partial charge in [0.1, 0.15) is 0 Å². The number of para-hydroxylation sites is 1. The monoisotopic (exact) mass is 357 g/mol. The summed E-state index contributed by atoms with van der Waals surface area (Å²) in [6, 6.07) is 15.9. The fourth-order valence-electron chi connectivity index (χ4n) is 3.14. The van der Waals surface area contributed by atoms with E-state index in [0.717, 1.165) is 10.6 Å². The molecule has 1 aliphatic heterocycles. The van der Waals surface area contributed by atoms with Gasteiger partial charge in [0.2, 0.25) is 0 Å². The largest absolute Gasteiger partial charge is 0.347 e. The first-order valence-corrected chi connectivity index (χ1v) is 9.22. The second-order valence-electron chi connectivity index (χ2n) is 6.44. The third kappa shape index (κ3) is 3.24. The molecular formula is C20H20ClNOS. The highest BCUT2D eigenvalue weighted by molar-refractivity contribution is 8.00. The summed E-state index contributed by atoms with van der Waals surface area (Å²) in [5.41, 5.74) is 3.32. The maximum absolute atomic E-state index is 12.5. The number of hydrogen-bond donors (Lipinski definition) is 0. The molecule has 1 heterocycles. The highest BCUT2D eigenvalue weighted by Gasteiger charge is 2.38. The number of thioether (sulfide) groups is 1. The number of allylic oxidation sites excluding steroid dienone is 2. The minimum absolute atomic E-state index is 0.123. The van der Waals surface area contributed by atoms with Gasteiger partial charge in [-0.15, -0.1) is 11.8 Å². The molecule has 0 bridgehead atoms. The van der Waals surface area contributed by atoms with Crippen molar-refractivity contribution in [3.63, 3.8) is 0 Å². The van der Waals surface area contributed by atoms with E-state index in [1.54, 1.807) is 6.08 Å². The van der Waals surface area contributed by atoms with Gasteiger partial charge in [-0.1, -0.05) is 43.6 Å². The van der Waals surface area contributed by atoms with Crippen LogP contribution in [0.3, 0.4) is 0 Å². The molecule has 0 aromatic heterocycles. The van der Waals surface area contributed by atoms with Crippen LogP contribution in [0.15, 0.2) is 65.2 Å². The number of nitrogens with zero attached hydrogens (tertiary/aromatic N) is 1. The Morgan fingerprint density at radius 3 is 2.50 bits per heavy atom. The van der Waals surface area contributed by atoms with Crippen molar-refractivity contribution in [3.05, 3.63) is 70.9 Å². The van der Waals surface area contributed by atoms with Gasteiger partial charge in [-0.25, -0.2) is 0 Å². The van der Waals surface area contributed by atoms with Gasteiger partial charge >= 0.3 is 0 Å². The van der Waals surface area contributed by atoms with Crippen LogP contribution in [-0.2, 0) is 10.2 Å². The first-order valence-electron chi connectivity index (χ1n) is 7.86. The van der Waals surface area contributed by atoms with E-state index in [1.165, 1.54) is 23.0 Å². The molecule has 0 fully saturated rings. The van der Waals surface area contributed by atoms with E-state index < -0.39 is 0 Å². The number of anilines is 1. The van der Waals surface area contributed by atoms with Crippen molar-refractivity contribution < 1.29 is 4.79 Å². The van der Waals surface area contributed by atoms with Gasteiger partial charge in [-0.05, 0) is 35.9 Å². The van der Waals surface area contributed by atoms with Gasteiger partial charge in [-0.3, -0.25) is 4.79 Å². The molecule has 4 heteroatoms. The average molecular weight is 358 g/mol. The molecule has 2 aromatic rings. The Balaban J connectivity index is 1.76. The molecule has 0 saturated carbocycles. The number of ketones is 1. The zero-order chi connectivity index (χ0) is 17.3. The molecule has 0 unspecified atom stereocenters. The number of carbonyl (C=O) groups is 1. The number of rotatable bonds is 4. The first kappa shape index (κ1) is 17.1. The second kappa shape index (κ2) is 6.66. The van der Waals surface area contributed by atoms with Crippen molar-refractivity contribution in [2.24, 2.45) is 0 Å². The van der Waals surface area contributed by atoms with Crippen molar-refractivity contribution in [2.75, 3.05) is 17.7 Å². The van der Waals surface area contributed by atoms with Crippen molar-refractivity contribution >= 4 is 34.8 Å². The summed E-state index contributed by atoms with van der Waals surface area (Å²) in [6.07, 6.45) is 1.79. The van der Waals surface area contributed by atoms with Crippen LogP contribution in [0.1, 0.15) is 19.4 Å².